The highest BCUT2D eigenvalue weighted by molar-refractivity contribution is 5.98. The van der Waals surface area contributed by atoms with Crippen molar-refractivity contribution in [1.29, 1.82) is 0 Å². The quantitative estimate of drug-likeness (QED) is 0.286. The minimum atomic E-state index is -4.82. The third-order valence-electron chi connectivity index (χ3n) is 6.91. The van der Waals surface area contributed by atoms with E-state index in [1.807, 2.05) is 13.8 Å². The van der Waals surface area contributed by atoms with Crippen molar-refractivity contribution in [2.45, 2.75) is 44.3 Å². The Kier molecular flexibility index (Phi) is 6.96. The molecule has 5 rings (SSSR count). The van der Waals surface area contributed by atoms with Gasteiger partial charge in [-0.1, -0.05) is 13.8 Å². The summed E-state index contributed by atoms with van der Waals surface area (Å²) >= 11 is 0. The van der Waals surface area contributed by atoms with E-state index in [1.165, 1.54) is 29.2 Å². The molecule has 0 aliphatic carbocycles. The number of β-amino-alcohol motifs (C(OH)–C–C–N with tert-alkyl or cyclic N) is 1. The lowest BCUT2D eigenvalue weighted by atomic mass is 9.93. The maximum Gasteiger partial charge on any atom is 0.573 e. The summed E-state index contributed by atoms with van der Waals surface area (Å²) in [4.78, 5) is 23.0. The number of hydrogen-bond acceptors (Lipinski definition) is 5. The Morgan fingerprint density at radius 3 is 2.37 bits per heavy atom. The Balaban J connectivity index is 1.42. The van der Waals surface area contributed by atoms with Crippen molar-refractivity contribution in [3.63, 3.8) is 0 Å². The highest BCUT2D eigenvalue weighted by atomic mass is 19.4. The number of alkyl halides is 6. The second kappa shape index (κ2) is 10.1. The molecule has 1 aliphatic heterocycles. The van der Waals surface area contributed by atoms with Crippen molar-refractivity contribution in [3.05, 3.63) is 83.4 Å². The Labute approximate surface area is 230 Å². The van der Waals surface area contributed by atoms with Crippen LogP contribution in [0, 0.1) is 0 Å². The van der Waals surface area contributed by atoms with Gasteiger partial charge in [0.1, 0.15) is 17.2 Å². The van der Waals surface area contributed by atoms with Crippen molar-refractivity contribution in [3.8, 4) is 11.4 Å². The van der Waals surface area contributed by atoms with Crippen molar-refractivity contribution < 1.29 is 41.0 Å². The van der Waals surface area contributed by atoms with Gasteiger partial charge in [-0.15, -0.1) is 13.2 Å². The summed E-state index contributed by atoms with van der Waals surface area (Å²) in [5.74, 6) is -0.266. The smallest absolute Gasteiger partial charge is 0.406 e. The van der Waals surface area contributed by atoms with Gasteiger partial charge >= 0.3 is 12.5 Å². The first-order valence-corrected chi connectivity index (χ1v) is 12.6. The number of benzene rings is 2. The number of aromatic nitrogens is 3. The number of aliphatic hydroxyl groups is 1. The topological polar surface area (TPSA) is 80.5 Å². The van der Waals surface area contributed by atoms with Gasteiger partial charge in [-0.2, -0.15) is 13.2 Å². The molecule has 1 saturated heterocycles. The maximum atomic E-state index is 13.4. The molecular formula is C28H24F6N4O3. The lowest BCUT2D eigenvalue weighted by Crippen LogP contribution is -2.34. The van der Waals surface area contributed by atoms with Crippen LogP contribution in [0.1, 0.15) is 53.5 Å². The van der Waals surface area contributed by atoms with E-state index in [0.717, 1.165) is 12.3 Å². The molecule has 2 aromatic heterocycles. The van der Waals surface area contributed by atoms with Crippen LogP contribution < -0.4 is 4.74 Å². The van der Waals surface area contributed by atoms with E-state index in [2.05, 4.69) is 14.7 Å². The number of imidazole rings is 1. The molecule has 0 radical (unpaired) electrons. The largest absolute Gasteiger partial charge is 0.573 e. The number of carbonyl (C=O) groups excluding carboxylic acids is 1. The molecule has 0 bridgehead atoms. The van der Waals surface area contributed by atoms with Gasteiger partial charge in [0.15, 0.2) is 0 Å². The maximum absolute atomic E-state index is 13.4. The molecule has 1 fully saturated rings. The van der Waals surface area contributed by atoms with Gasteiger partial charge in [0.25, 0.3) is 5.91 Å². The standard InChI is InChI=1S/C28H24F6N4O3/c1-16(2)24-36-22-11-17(3-8-23(22)38(24)20-4-6-21(7-5-20)41-28(32,33)34)25(39)37-10-9-26(40,15-37)18-12-19(14-35-13-18)27(29,30)31/h3-8,11-14,16,40H,9-10,15H2,1-2H3. The molecule has 13 heteroatoms. The number of ether oxygens (including phenoxy) is 1. The third-order valence-corrected chi connectivity index (χ3v) is 6.91. The summed E-state index contributed by atoms with van der Waals surface area (Å²) in [6.07, 6.45) is -7.57. The number of hydrogen-bond donors (Lipinski definition) is 1. The van der Waals surface area contributed by atoms with Gasteiger partial charge in [0, 0.05) is 41.7 Å². The van der Waals surface area contributed by atoms with Crippen LogP contribution in [0.2, 0.25) is 0 Å². The highest BCUT2D eigenvalue weighted by Crippen LogP contribution is 2.36. The predicted molar refractivity (Wildman–Crippen MR) is 135 cm³/mol. The second-order valence-electron chi connectivity index (χ2n) is 10.2. The van der Waals surface area contributed by atoms with Gasteiger partial charge in [-0.05, 0) is 55.0 Å². The van der Waals surface area contributed by atoms with Crippen LogP contribution in [0.15, 0.2) is 60.9 Å². The van der Waals surface area contributed by atoms with E-state index >= 15 is 0 Å². The second-order valence-corrected chi connectivity index (χ2v) is 10.2. The molecule has 0 spiro atoms. The van der Waals surface area contributed by atoms with Crippen LogP contribution >= 0.6 is 0 Å². The lowest BCUT2D eigenvalue weighted by Gasteiger charge is -2.24. The summed E-state index contributed by atoms with van der Waals surface area (Å²) in [5, 5.41) is 11.1. The van der Waals surface area contributed by atoms with Gasteiger partial charge in [0.05, 0.1) is 23.1 Å². The number of halogens is 6. The van der Waals surface area contributed by atoms with E-state index in [-0.39, 0.29) is 42.3 Å². The molecule has 41 heavy (non-hydrogen) atoms. The van der Waals surface area contributed by atoms with Crippen LogP contribution in [0.5, 0.6) is 5.75 Å². The monoisotopic (exact) mass is 578 g/mol. The molecule has 4 aromatic rings. The van der Waals surface area contributed by atoms with Crippen molar-refractivity contribution in [2.75, 3.05) is 13.1 Å². The van der Waals surface area contributed by atoms with E-state index in [1.54, 1.807) is 22.8 Å². The molecule has 0 saturated carbocycles. The van der Waals surface area contributed by atoms with E-state index in [9.17, 15) is 36.2 Å². The first-order valence-electron chi connectivity index (χ1n) is 12.6. The normalized spacial score (nSPS) is 18.0. The number of amides is 1. The fraction of sp³-hybridized carbons (Fsp3) is 0.321. The average molecular weight is 579 g/mol. The lowest BCUT2D eigenvalue weighted by molar-refractivity contribution is -0.274. The minimum Gasteiger partial charge on any atom is -0.406 e. The number of nitrogens with zero attached hydrogens (tertiary/aromatic N) is 4. The Hall–Kier alpha value is -4.13. The van der Waals surface area contributed by atoms with E-state index in [4.69, 9.17) is 0 Å². The summed E-state index contributed by atoms with van der Waals surface area (Å²) in [5.41, 5.74) is -0.818. The number of pyridine rings is 1. The fourth-order valence-electron chi connectivity index (χ4n) is 4.92. The molecule has 216 valence electrons. The highest BCUT2D eigenvalue weighted by Gasteiger charge is 2.42. The third kappa shape index (κ3) is 5.71. The first kappa shape index (κ1) is 28.4. The zero-order chi connectivity index (χ0) is 29.7. The van der Waals surface area contributed by atoms with Gasteiger partial charge in [-0.25, -0.2) is 4.98 Å². The number of fused-ring (bicyclic) bond motifs is 1. The van der Waals surface area contributed by atoms with Crippen molar-refractivity contribution >= 4 is 16.9 Å². The molecular weight excluding hydrogens is 554 g/mol. The Bertz CT molecular complexity index is 1600. The average Bonchev–Trinajstić information content (AvgIpc) is 3.49. The van der Waals surface area contributed by atoms with Crippen LogP contribution in [0.25, 0.3) is 16.7 Å². The van der Waals surface area contributed by atoms with Gasteiger partial charge in [-0.3, -0.25) is 14.3 Å². The van der Waals surface area contributed by atoms with Crippen molar-refractivity contribution in [1.82, 2.24) is 19.4 Å². The number of likely N-dealkylation sites (tertiary alicyclic amines) is 1. The summed E-state index contributed by atoms with van der Waals surface area (Å²) in [6, 6.07) is 11.0. The van der Waals surface area contributed by atoms with Gasteiger partial charge < -0.3 is 14.7 Å². The Morgan fingerprint density at radius 2 is 1.73 bits per heavy atom. The van der Waals surface area contributed by atoms with Gasteiger partial charge in [0.2, 0.25) is 0 Å². The summed E-state index contributed by atoms with van der Waals surface area (Å²) in [7, 11) is 0. The molecule has 7 nitrogen and oxygen atoms in total. The predicted octanol–water partition coefficient (Wildman–Crippen LogP) is 6.20. The van der Waals surface area contributed by atoms with Crippen LogP contribution in [0.4, 0.5) is 26.3 Å². The van der Waals surface area contributed by atoms with E-state index < -0.39 is 29.6 Å². The summed E-state index contributed by atoms with van der Waals surface area (Å²) in [6.45, 7) is 3.70. The molecule has 1 unspecified atom stereocenters. The zero-order valence-corrected chi connectivity index (χ0v) is 21.8. The fourth-order valence-corrected chi connectivity index (χ4v) is 4.92. The van der Waals surface area contributed by atoms with Crippen LogP contribution in [0.3, 0.4) is 0 Å². The number of rotatable bonds is 5. The minimum absolute atomic E-state index is 0.0231. The molecule has 3 heterocycles. The summed E-state index contributed by atoms with van der Waals surface area (Å²) < 4.78 is 82.9. The van der Waals surface area contributed by atoms with Crippen LogP contribution in [-0.2, 0) is 11.8 Å². The molecule has 1 atom stereocenters. The molecule has 1 amide bonds. The molecule has 2 aromatic carbocycles. The number of carbonyl (C=O) groups is 1. The molecule has 1 N–H and O–H groups in total. The van der Waals surface area contributed by atoms with Crippen molar-refractivity contribution in [2.24, 2.45) is 0 Å². The SMILES string of the molecule is CC(C)c1nc2cc(C(=O)N3CCC(O)(c4cncc(C(F)(F)F)c4)C3)ccc2n1-c1ccc(OC(F)(F)F)cc1. The first-order chi connectivity index (χ1) is 19.1. The van der Waals surface area contributed by atoms with Crippen LogP contribution in [-0.4, -0.2) is 49.9 Å². The van der Waals surface area contributed by atoms with E-state index in [0.29, 0.717) is 28.7 Å². The molecule has 1 aliphatic rings. The zero-order valence-electron chi connectivity index (χ0n) is 21.8. The Morgan fingerprint density at radius 1 is 1.02 bits per heavy atom.